The summed E-state index contributed by atoms with van der Waals surface area (Å²) in [6, 6.07) is 6.12. The molecule has 1 aromatic rings. The van der Waals surface area contributed by atoms with Crippen LogP contribution in [-0.2, 0) is 6.42 Å². The maximum absolute atomic E-state index is 6.25. The summed E-state index contributed by atoms with van der Waals surface area (Å²) < 4.78 is 1.03. The lowest BCUT2D eigenvalue weighted by Gasteiger charge is -2.32. The Labute approximate surface area is 120 Å². The first-order valence-electron chi connectivity index (χ1n) is 5.39. The third kappa shape index (κ3) is 3.48. The van der Waals surface area contributed by atoms with Crippen molar-refractivity contribution in [1.29, 1.82) is 0 Å². The maximum Gasteiger partial charge on any atom is 0.0449 e. The van der Waals surface area contributed by atoms with E-state index in [2.05, 4.69) is 64.8 Å². The summed E-state index contributed by atoms with van der Waals surface area (Å²) in [6.07, 6.45) is 1.00. The van der Waals surface area contributed by atoms with E-state index in [-0.39, 0.29) is 5.41 Å². The zero-order valence-corrected chi connectivity index (χ0v) is 13.8. The Kier molecular flexibility index (Phi) is 5.34. The summed E-state index contributed by atoms with van der Waals surface area (Å²) in [5.74, 6) is 0.617. The molecule has 0 radical (unpaired) electrons. The van der Waals surface area contributed by atoms with Gasteiger partial charge in [-0.3, -0.25) is 0 Å². The fourth-order valence-corrected chi connectivity index (χ4v) is 3.09. The van der Waals surface area contributed by atoms with Gasteiger partial charge in [0.2, 0.25) is 0 Å². The summed E-state index contributed by atoms with van der Waals surface area (Å²) in [5, 5.41) is 1.84. The molecular weight excluding hydrogens is 351 g/mol. The van der Waals surface area contributed by atoms with E-state index < -0.39 is 0 Å². The molecule has 0 N–H and O–H groups in total. The zero-order chi connectivity index (χ0) is 12.3. The average molecular weight is 369 g/mol. The van der Waals surface area contributed by atoms with Crippen LogP contribution in [0.5, 0.6) is 0 Å². The van der Waals surface area contributed by atoms with E-state index in [0.717, 1.165) is 21.2 Å². The van der Waals surface area contributed by atoms with Crippen molar-refractivity contribution in [2.75, 3.05) is 5.33 Å². The van der Waals surface area contributed by atoms with Gasteiger partial charge in [0.15, 0.2) is 0 Å². The molecule has 90 valence electrons. The van der Waals surface area contributed by atoms with Crippen LogP contribution in [0, 0.1) is 11.3 Å². The van der Waals surface area contributed by atoms with E-state index in [0.29, 0.717) is 5.92 Å². The molecule has 0 aliphatic rings. The van der Waals surface area contributed by atoms with Gasteiger partial charge >= 0.3 is 0 Å². The van der Waals surface area contributed by atoms with Crippen LogP contribution in [0.15, 0.2) is 22.7 Å². The zero-order valence-electron chi connectivity index (χ0n) is 9.86. The molecule has 0 aliphatic carbocycles. The Bertz CT molecular complexity index is 363. The van der Waals surface area contributed by atoms with E-state index >= 15 is 0 Å². The molecule has 3 heteroatoms. The summed E-state index contributed by atoms with van der Waals surface area (Å²) in [4.78, 5) is 0. The molecule has 1 aromatic carbocycles. The van der Waals surface area contributed by atoms with Gasteiger partial charge in [0.05, 0.1) is 0 Å². The summed E-state index contributed by atoms with van der Waals surface area (Å²) in [7, 11) is 0. The topological polar surface area (TPSA) is 0 Å². The Hall–Kier alpha value is 0.470. The van der Waals surface area contributed by atoms with Gasteiger partial charge in [-0.1, -0.05) is 70.3 Å². The number of halogens is 3. The van der Waals surface area contributed by atoms with E-state index in [1.165, 1.54) is 5.56 Å². The van der Waals surface area contributed by atoms with E-state index in [1.54, 1.807) is 0 Å². The Morgan fingerprint density at radius 3 is 2.44 bits per heavy atom. The van der Waals surface area contributed by atoms with E-state index in [4.69, 9.17) is 11.6 Å². The molecule has 0 aromatic heterocycles. The quantitative estimate of drug-likeness (QED) is 0.598. The van der Waals surface area contributed by atoms with Gasteiger partial charge < -0.3 is 0 Å². The Morgan fingerprint density at radius 1 is 1.38 bits per heavy atom. The van der Waals surface area contributed by atoms with Crippen LogP contribution in [0.2, 0.25) is 5.02 Å². The monoisotopic (exact) mass is 366 g/mol. The van der Waals surface area contributed by atoms with Crippen molar-refractivity contribution >= 4 is 43.5 Å². The second-order valence-electron chi connectivity index (χ2n) is 4.85. The molecule has 1 rings (SSSR count). The summed E-state index contributed by atoms with van der Waals surface area (Å²) in [6.45, 7) is 6.81. The minimum atomic E-state index is 0.247. The minimum absolute atomic E-state index is 0.247. The molecule has 0 nitrogen and oxygen atoms in total. The van der Waals surface area contributed by atoms with Gasteiger partial charge in [-0.05, 0) is 35.4 Å². The molecule has 1 atom stereocenters. The van der Waals surface area contributed by atoms with Crippen molar-refractivity contribution in [1.82, 2.24) is 0 Å². The van der Waals surface area contributed by atoms with Crippen LogP contribution in [0.25, 0.3) is 0 Å². The maximum atomic E-state index is 6.25. The molecule has 0 aliphatic heterocycles. The third-order valence-corrected chi connectivity index (χ3v) is 5.43. The van der Waals surface area contributed by atoms with Crippen molar-refractivity contribution in [3.05, 3.63) is 33.3 Å². The van der Waals surface area contributed by atoms with Crippen LogP contribution in [0.3, 0.4) is 0 Å². The van der Waals surface area contributed by atoms with Crippen LogP contribution >= 0.6 is 43.5 Å². The fraction of sp³-hybridized carbons (Fsp3) is 0.538. The molecule has 0 bridgehead atoms. The first-order chi connectivity index (χ1) is 7.39. The van der Waals surface area contributed by atoms with Crippen molar-refractivity contribution in [2.24, 2.45) is 11.3 Å². The molecule has 0 amide bonds. The number of rotatable bonds is 4. The predicted molar refractivity (Wildman–Crippen MR) is 79.6 cm³/mol. The second-order valence-corrected chi connectivity index (χ2v) is 6.74. The smallest absolute Gasteiger partial charge is 0.0449 e. The fourth-order valence-electron chi connectivity index (χ4n) is 1.51. The molecule has 0 heterocycles. The normalized spacial score (nSPS) is 15.2. The molecular formula is C13H17Br2Cl. The van der Waals surface area contributed by atoms with Crippen LogP contribution in [0.1, 0.15) is 26.3 Å². The lowest BCUT2D eigenvalue weighted by atomic mass is 9.76. The number of hydrogen-bond donors (Lipinski definition) is 0. The molecule has 1 unspecified atom stereocenters. The average Bonchev–Trinajstić information content (AvgIpc) is 2.22. The third-order valence-electron chi connectivity index (χ3n) is 3.31. The predicted octanol–water partition coefficient (Wildman–Crippen LogP) is 5.70. The number of benzene rings is 1. The molecule has 16 heavy (non-hydrogen) atoms. The molecule has 0 fully saturated rings. The minimum Gasteiger partial charge on any atom is -0.0922 e. The van der Waals surface area contributed by atoms with Crippen LogP contribution in [0.4, 0.5) is 0 Å². The Balaban J connectivity index is 2.95. The largest absolute Gasteiger partial charge is 0.0922 e. The second kappa shape index (κ2) is 5.88. The Morgan fingerprint density at radius 2 is 2.00 bits per heavy atom. The van der Waals surface area contributed by atoms with Gasteiger partial charge in [0, 0.05) is 14.8 Å². The lowest BCUT2D eigenvalue weighted by molar-refractivity contribution is 0.258. The molecule has 0 saturated carbocycles. The van der Waals surface area contributed by atoms with Crippen molar-refractivity contribution in [2.45, 2.75) is 27.2 Å². The van der Waals surface area contributed by atoms with E-state index in [9.17, 15) is 0 Å². The molecule has 0 saturated heterocycles. The molecule has 0 spiro atoms. The first kappa shape index (κ1) is 14.5. The SMILES string of the molecule is CC(C)C(C)(CBr)Cc1ccc(Br)cc1Cl. The number of alkyl halides is 1. The van der Waals surface area contributed by atoms with E-state index in [1.807, 2.05) is 6.07 Å². The van der Waals surface area contributed by atoms with Gasteiger partial charge in [-0.15, -0.1) is 0 Å². The highest BCUT2D eigenvalue weighted by atomic mass is 79.9. The summed E-state index contributed by atoms with van der Waals surface area (Å²) in [5.41, 5.74) is 1.47. The van der Waals surface area contributed by atoms with Crippen LogP contribution in [-0.4, -0.2) is 5.33 Å². The highest BCUT2D eigenvalue weighted by Crippen LogP contribution is 2.35. The highest BCUT2D eigenvalue weighted by molar-refractivity contribution is 9.10. The van der Waals surface area contributed by atoms with Crippen molar-refractivity contribution in [3.8, 4) is 0 Å². The van der Waals surface area contributed by atoms with Crippen LogP contribution < -0.4 is 0 Å². The standard InChI is InChI=1S/C13H17Br2Cl/c1-9(2)13(3,8-14)7-10-4-5-11(15)6-12(10)16/h4-6,9H,7-8H2,1-3H3. The van der Waals surface area contributed by atoms with Gasteiger partial charge in [0.1, 0.15) is 0 Å². The van der Waals surface area contributed by atoms with Gasteiger partial charge in [0.25, 0.3) is 0 Å². The van der Waals surface area contributed by atoms with Gasteiger partial charge in [-0.2, -0.15) is 0 Å². The summed E-state index contributed by atoms with van der Waals surface area (Å²) >= 11 is 13.3. The number of hydrogen-bond acceptors (Lipinski definition) is 0. The first-order valence-corrected chi connectivity index (χ1v) is 7.68. The van der Waals surface area contributed by atoms with Gasteiger partial charge in [-0.25, -0.2) is 0 Å². The lowest BCUT2D eigenvalue weighted by Crippen LogP contribution is -2.28. The van der Waals surface area contributed by atoms with Crippen molar-refractivity contribution < 1.29 is 0 Å². The van der Waals surface area contributed by atoms with Crippen molar-refractivity contribution in [3.63, 3.8) is 0 Å². The highest BCUT2D eigenvalue weighted by Gasteiger charge is 2.28.